The van der Waals surface area contributed by atoms with Crippen molar-refractivity contribution < 1.29 is 27.9 Å². The van der Waals surface area contributed by atoms with Crippen molar-refractivity contribution in [1.82, 2.24) is 10.3 Å². The predicted molar refractivity (Wildman–Crippen MR) is 65.8 cm³/mol. The smallest absolute Gasteiger partial charge is 0.431 e. The molecule has 0 aliphatic carbocycles. The summed E-state index contributed by atoms with van der Waals surface area (Å²) in [5.74, 6) is -2.27. The number of rotatable bonds is 5. The Kier molecular flexibility index (Phi) is 5.12. The van der Waals surface area contributed by atoms with Gasteiger partial charge in [0, 0.05) is 13.0 Å². The topological polar surface area (TPSA) is 99.3 Å². The number of hydrogen-bond donors (Lipinski definition) is 3. The Labute approximate surface area is 117 Å². The lowest BCUT2D eigenvalue weighted by molar-refractivity contribution is -0.141. The molecule has 0 aliphatic rings. The third kappa shape index (κ3) is 4.93. The molecule has 6 nitrogen and oxygen atoms in total. The van der Waals surface area contributed by atoms with E-state index in [0.717, 1.165) is 6.07 Å². The summed E-state index contributed by atoms with van der Waals surface area (Å²) in [4.78, 5) is 35.1. The zero-order valence-electron chi connectivity index (χ0n) is 11.0. The van der Waals surface area contributed by atoms with Crippen LogP contribution in [0.2, 0.25) is 0 Å². The van der Waals surface area contributed by atoms with E-state index < -0.39 is 34.9 Å². The summed E-state index contributed by atoms with van der Waals surface area (Å²) in [5.41, 5.74) is -2.87. The van der Waals surface area contributed by atoms with Crippen LogP contribution in [0.25, 0.3) is 0 Å². The van der Waals surface area contributed by atoms with Gasteiger partial charge in [-0.15, -0.1) is 0 Å². The number of carboxylic acid groups (broad SMARTS) is 1. The third-order valence-corrected chi connectivity index (χ3v) is 2.59. The number of carbonyl (C=O) groups is 2. The lowest BCUT2D eigenvalue weighted by Gasteiger charge is -2.11. The monoisotopic (exact) mass is 306 g/mol. The maximum atomic E-state index is 12.3. The van der Waals surface area contributed by atoms with Gasteiger partial charge in [-0.05, 0) is 18.1 Å². The lowest BCUT2D eigenvalue weighted by Crippen LogP contribution is -2.33. The van der Waals surface area contributed by atoms with Crippen LogP contribution in [0.3, 0.4) is 0 Å². The number of amides is 1. The standard InChI is InChI=1S/C12H13F3N2O4/c1-6(4-9(18)19)5-16-10(20)7-2-3-8(12(13,14)15)17-11(7)21/h2-3,6H,4-5H2,1H3,(H,16,20)(H,17,21)(H,18,19). The van der Waals surface area contributed by atoms with Gasteiger partial charge in [0.2, 0.25) is 0 Å². The average Bonchev–Trinajstić information content (AvgIpc) is 2.33. The molecule has 1 amide bonds. The van der Waals surface area contributed by atoms with Crippen LogP contribution in [0, 0.1) is 5.92 Å². The fourth-order valence-corrected chi connectivity index (χ4v) is 1.55. The Morgan fingerprint density at radius 1 is 1.38 bits per heavy atom. The first-order valence-corrected chi connectivity index (χ1v) is 5.91. The van der Waals surface area contributed by atoms with Gasteiger partial charge in [-0.3, -0.25) is 14.4 Å². The van der Waals surface area contributed by atoms with Crippen LogP contribution in [0.4, 0.5) is 13.2 Å². The number of carboxylic acids is 1. The fourth-order valence-electron chi connectivity index (χ4n) is 1.55. The van der Waals surface area contributed by atoms with E-state index >= 15 is 0 Å². The van der Waals surface area contributed by atoms with Crippen LogP contribution in [0.15, 0.2) is 16.9 Å². The second-order valence-corrected chi connectivity index (χ2v) is 4.53. The molecule has 21 heavy (non-hydrogen) atoms. The normalized spacial score (nSPS) is 12.8. The van der Waals surface area contributed by atoms with Gasteiger partial charge in [0.25, 0.3) is 11.5 Å². The number of carbonyl (C=O) groups excluding carboxylic acids is 1. The largest absolute Gasteiger partial charge is 0.481 e. The van der Waals surface area contributed by atoms with Gasteiger partial charge in [-0.25, -0.2) is 0 Å². The van der Waals surface area contributed by atoms with Gasteiger partial charge < -0.3 is 15.4 Å². The second kappa shape index (κ2) is 6.42. The molecular weight excluding hydrogens is 293 g/mol. The van der Waals surface area contributed by atoms with E-state index in [-0.39, 0.29) is 18.9 Å². The third-order valence-electron chi connectivity index (χ3n) is 2.59. The summed E-state index contributed by atoms with van der Waals surface area (Å²) >= 11 is 0. The van der Waals surface area contributed by atoms with Crippen molar-refractivity contribution in [2.75, 3.05) is 6.54 Å². The van der Waals surface area contributed by atoms with Gasteiger partial charge in [0.15, 0.2) is 0 Å². The molecule has 0 bridgehead atoms. The molecule has 0 saturated carbocycles. The van der Waals surface area contributed by atoms with E-state index in [1.54, 1.807) is 11.9 Å². The summed E-state index contributed by atoms with van der Waals surface area (Å²) in [5, 5.41) is 10.8. The highest BCUT2D eigenvalue weighted by molar-refractivity contribution is 5.93. The number of aliphatic carboxylic acids is 1. The van der Waals surface area contributed by atoms with Gasteiger partial charge in [-0.1, -0.05) is 6.92 Å². The molecule has 1 rings (SSSR count). The minimum atomic E-state index is -4.70. The molecule has 116 valence electrons. The Morgan fingerprint density at radius 3 is 2.48 bits per heavy atom. The van der Waals surface area contributed by atoms with Crippen molar-refractivity contribution >= 4 is 11.9 Å². The first-order valence-electron chi connectivity index (χ1n) is 5.91. The zero-order valence-corrected chi connectivity index (χ0v) is 11.0. The number of pyridine rings is 1. The maximum absolute atomic E-state index is 12.3. The summed E-state index contributed by atoms with van der Waals surface area (Å²) in [6, 6.07) is 1.37. The van der Waals surface area contributed by atoms with E-state index in [2.05, 4.69) is 5.32 Å². The Bertz CT molecular complexity index is 595. The predicted octanol–water partition coefficient (Wildman–Crippen LogP) is 1.23. The molecule has 1 unspecified atom stereocenters. The molecule has 1 aromatic rings. The average molecular weight is 306 g/mol. The first-order chi connectivity index (χ1) is 9.61. The van der Waals surface area contributed by atoms with Crippen molar-refractivity contribution in [2.45, 2.75) is 19.5 Å². The Hall–Kier alpha value is -2.32. The van der Waals surface area contributed by atoms with Crippen LogP contribution in [-0.4, -0.2) is 28.5 Å². The molecule has 0 aliphatic heterocycles. The van der Waals surface area contributed by atoms with E-state index in [0.29, 0.717) is 6.07 Å². The van der Waals surface area contributed by atoms with Crippen molar-refractivity contribution in [1.29, 1.82) is 0 Å². The molecule has 0 spiro atoms. The van der Waals surface area contributed by atoms with E-state index in [1.165, 1.54) is 0 Å². The summed E-state index contributed by atoms with van der Waals surface area (Å²) in [7, 11) is 0. The van der Waals surface area contributed by atoms with Gasteiger partial charge in [0.05, 0.1) is 0 Å². The quantitative estimate of drug-likeness (QED) is 0.762. The highest BCUT2D eigenvalue weighted by atomic mass is 19.4. The van der Waals surface area contributed by atoms with Gasteiger partial charge in [0.1, 0.15) is 11.3 Å². The number of halogens is 3. The highest BCUT2D eigenvalue weighted by Crippen LogP contribution is 2.26. The number of hydrogen-bond acceptors (Lipinski definition) is 3. The van der Waals surface area contributed by atoms with Gasteiger partial charge in [-0.2, -0.15) is 13.2 Å². The summed E-state index contributed by atoms with van der Waals surface area (Å²) < 4.78 is 37.0. The fraction of sp³-hybridized carbons (Fsp3) is 0.417. The molecule has 1 atom stereocenters. The molecule has 0 aromatic carbocycles. The molecule has 0 saturated heterocycles. The molecule has 1 heterocycles. The van der Waals surface area contributed by atoms with E-state index in [4.69, 9.17) is 5.11 Å². The maximum Gasteiger partial charge on any atom is 0.431 e. The number of nitrogens with one attached hydrogen (secondary N) is 2. The van der Waals surface area contributed by atoms with Crippen molar-refractivity contribution in [2.24, 2.45) is 5.92 Å². The second-order valence-electron chi connectivity index (χ2n) is 4.53. The van der Waals surface area contributed by atoms with Crippen LogP contribution >= 0.6 is 0 Å². The number of H-pyrrole nitrogens is 1. The Balaban J connectivity index is 2.76. The van der Waals surface area contributed by atoms with Crippen LogP contribution in [0.5, 0.6) is 0 Å². The zero-order chi connectivity index (χ0) is 16.2. The van der Waals surface area contributed by atoms with Crippen molar-refractivity contribution in [3.63, 3.8) is 0 Å². The van der Waals surface area contributed by atoms with Crippen LogP contribution in [0.1, 0.15) is 29.4 Å². The minimum absolute atomic E-state index is 0.00834. The van der Waals surface area contributed by atoms with Crippen LogP contribution < -0.4 is 10.9 Å². The molecular formula is C12H13F3N2O4. The van der Waals surface area contributed by atoms with E-state index in [9.17, 15) is 27.6 Å². The van der Waals surface area contributed by atoms with Gasteiger partial charge >= 0.3 is 12.1 Å². The minimum Gasteiger partial charge on any atom is -0.481 e. The summed E-state index contributed by atoms with van der Waals surface area (Å²) in [6.45, 7) is 1.57. The summed E-state index contributed by atoms with van der Waals surface area (Å²) in [6.07, 6.45) is -4.88. The van der Waals surface area contributed by atoms with Crippen molar-refractivity contribution in [3.8, 4) is 0 Å². The van der Waals surface area contributed by atoms with Crippen LogP contribution in [-0.2, 0) is 11.0 Å². The molecule has 0 radical (unpaired) electrons. The first kappa shape index (κ1) is 16.7. The highest BCUT2D eigenvalue weighted by Gasteiger charge is 2.32. The molecule has 0 fully saturated rings. The lowest BCUT2D eigenvalue weighted by atomic mass is 10.1. The molecule has 1 aromatic heterocycles. The molecule has 9 heteroatoms. The SMILES string of the molecule is CC(CNC(=O)c1ccc(C(F)(F)F)[nH]c1=O)CC(=O)O. The number of alkyl halides is 3. The Morgan fingerprint density at radius 2 is 2.00 bits per heavy atom. The van der Waals surface area contributed by atoms with E-state index in [1.807, 2.05) is 0 Å². The number of aromatic nitrogens is 1. The number of aromatic amines is 1. The van der Waals surface area contributed by atoms with Crippen molar-refractivity contribution in [3.05, 3.63) is 33.7 Å². The molecule has 3 N–H and O–H groups in total.